The summed E-state index contributed by atoms with van der Waals surface area (Å²) >= 11 is 0. The van der Waals surface area contributed by atoms with E-state index in [1.165, 1.54) is 11.6 Å². The summed E-state index contributed by atoms with van der Waals surface area (Å²) in [4.78, 5) is 29.1. The fourth-order valence-corrected chi connectivity index (χ4v) is 2.96. The molecule has 152 valence electrons. The van der Waals surface area contributed by atoms with Gasteiger partial charge in [-0.2, -0.15) is 0 Å². The highest BCUT2D eigenvalue weighted by atomic mass is 16.5. The van der Waals surface area contributed by atoms with E-state index in [1.54, 1.807) is 14.2 Å². The maximum absolute atomic E-state index is 12.5. The molecule has 0 spiro atoms. The van der Waals surface area contributed by atoms with Crippen LogP contribution in [0.3, 0.4) is 0 Å². The molecule has 28 heavy (non-hydrogen) atoms. The molecule has 8 heteroatoms. The number of nitrogens with one attached hydrogen (secondary N) is 1. The number of ether oxygens (including phenoxy) is 1. The lowest BCUT2D eigenvalue weighted by molar-refractivity contribution is 0.415. The van der Waals surface area contributed by atoms with Crippen LogP contribution in [0.2, 0.25) is 0 Å². The lowest BCUT2D eigenvalue weighted by atomic mass is 10.2. The van der Waals surface area contributed by atoms with E-state index in [4.69, 9.17) is 4.74 Å². The van der Waals surface area contributed by atoms with Gasteiger partial charge < -0.3 is 14.6 Å². The Kier molecular flexibility index (Phi) is 7.17. The lowest BCUT2D eigenvalue weighted by Gasteiger charge is -2.07. The van der Waals surface area contributed by atoms with Crippen molar-refractivity contribution >= 4 is 11.2 Å². The van der Waals surface area contributed by atoms with Crippen LogP contribution in [0.15, 0.2) is 33.9 Å². The van der Waals surface area contributed by atoms with E-state index in [9.17, 15) is 9.59 Å². The summed E-state index contributed by atoms with van der Waals surface area (Å²) in [7, 11) is 4.70. The standard InChI is InChI=1S/C16H18N4O3.C4H11N/c1-5-20-12-14(18(2)16(22)19(3)15(12)21)17-13(20)10-6-8-11(23-4)9-7-10;1-3-5-4-2/h6-9H,5H2,1-4H3;5H,3-4H2,1-2H3. The summed E-state index contributed by atoms with van der Waals surface area (Å²) in [5.41, 5.74) is 0.966. The van der Waals surface area contributed by atoms with Crippen LogP contribution in [0.5, 0.6) is 5.75 Å². The molecular weight excluding hydrogens is 358 g/mol. The third kappa shape index (κ3) is 4.01. The second-order valence-electron chi connectivity index (χ2n) is 6.24. The number of nitrogens with zero attached hydrogens (tertiary/aromatic N) is 4. The quantitative estimate of drug-likeness (QED) is 0.721. The number of imidazole rings is 1. The van der Waals surface area contributed by atoms with Gasteiger partial charge in [-0.25, -0.2) is 9.78 Å². The number of hydrogen-bond donors (Lipinski definition) is 1. The van der Waals surface area contributed by atoms with Crippen molar-refractivity contribution in [3.8, 4) is 17.1 Å². The minimum Gasteiger partial charge on any atom is -0.497 e. The van der Waals surface area contributed by atoms with Gasteiger partial charge in [0, 0.05) is 26.2 Å². The zero-order valence-electron chi connectivity index (χ0n) is 17.4. The van der Waals surface area contributed by atoms with E-state index in [1.807, 2.05) is 35.8 Å². The Hall–Kier alpha value is -2.87. The first-order chi connectivity index (χ1) is 13.4. The number of aromatic nitrogens is 4. The molecule has 1 N–H and O–H groups in total. The van der Waals surface area contributed by atoms with E-state index in [0.717, 1.165) is 29.0 Å². The van der Waals surface area contributed by atoms with Crippen LogP contribution in [0.4, 0.5) is 0 Å². The molecule has 2 aromatic heterocycles. The molecule has 0 fully saturated rings. The van der Waals surface area contributed by atoms with Crippen LogP contribution in [-0.4, -0.2) is 38.9 Å². The van der Waals surface area contributed by atoms with Crippen molar-refractivity contribution in [1.82, 2.24) is 24.0 Å². The smallest absolute Gasteiger partial charge is 0.332 e. The molecule has 0 aliphatic rings. The molecule has 0 saturated heterocycles. The Balaban J connectivity index is 0.000000500. The van der Waals surface area contributed by atoms with Crippen LogP contribution in [-0.2, 0) is 20.6 Å². The SMILES string of the molecule is CCNCC.CCn1c(-c2ccc(OC)cc2)nc2c1c(=O)n(C)c(=O)n2C. The summed E-state index contributed by atoms with van der Waals surface area (Å²) in [5, 5.41) is 3.11. The molecule has 8 nitrogen and oxygen atoms in total. The van der Waals surface area contributed by atoms with Crippen molar-refractivity contribution in [3.63, 3.8) is 0 Å². The predicted molar refractivity (Wildman–Crippen MR) is 112 cm³/mol. The van der Waals surface area contributed by atoms with Crippen molar-refractivity contribution < 1.29 is 4.74 Å². The maximum atomic E-state index is 12.5. The summed E-state index contributed by atoms with van der Waals surface area (Å²) in [6, 6.07) is 7.45. The average Bonchev–Trinajstić information content (AvgIpc) is 3.11. The fraction of sp³-hybridized carbons (Fsp3) is 0.450. The highest BCUT2D eigenvalue weighted by Crippen LogP contribution is 2.24. The van der Waals surface area contributed by atoms with Crippen LogP contribution < -0.4 is 21.3 Å². The maximum Gasteiger partial charge on any atom is 0.332 e. The van der Waals surface area contributed by atoms with Crippen LogP contribution in [0, 0.1) is 0 Å². The number of methoxy groups -OCH3 is 1. The Morgan fingerprint density at radius 3 is 2.07 bits per heavy atom. The fourth-order valence-electron chi connectivity index (χ4n) is 2.96. The number of benzene rings is 1. The molecule has 0 unspecified atom stereocenters. The third-order valence-corrected chi connectivity index (χ3v) is 4.51. The Bertz CT molecular complexity index is 1040. The molecule has 0 atom stereocenters. The Morgan fingerprint density at radius 1 is 1.00 bits per heavy atom. The summed E-state index contributed by atoms with van der Waals surface area (Å²) in [6.07, 6.45) is 0. The first-order valence-corrected chi connectivity index (χ1v) is 9.42. The Labute approximate surface area is 164 Å². The van der Waals surface area contributed by atoms with Gasteiger partial charge in [-0.1, -0.05) is 13.8 Å². The van der Waals surface area contributed by atoms with Crippen LogP contribution in [0.25, 0.3) is 22.6 Å². The summed E-state index contributed by atoms with van der Waals surface area (Å²) in [5.74, 6) is 1.40. The van der Waals surface area contributed by atoms with Gasteiger partial charge in [-0.05, 0) is 44.3 Å². The van der Waals surface area contributed by atoms with Crippen molar-refractivity contribution in [2.45, 2.75) is 27.3 Å². The zero-order chi connectivity index (χ0) is 20.8. The second kappa shape index (κ2) is 9.36. The summed E-state index contributed by atoms with van der Waals surface area (Å²) in [6.45, 7) is 8.91. The monoisotopic (exact) mass is 387 g/mol. The molecule has 1 aromatic carbocycles. The molecule has 3 aromatic rings. The minimum atomic E-state index is -0.385. The normalized spacial score (nSPS) is 10.6. The molecule has 2 heterocycles. The molecule has 0 bridgehead atoms. The first-order valence-electron chi connectivity index (χ1n) is 9.42. The lowest BCUT2D eigenvalue weighted by Crippen LogP contribution is -2.37. The van der Waals surface area contributed by atoms with Gasteiger partial charge in [0.05, 0.1) is 7.11 Å². The number of fused-ring (bicyclic) bond motifs is 1. The molecule has 0 aliphatic heterocycles. The zero-order valence-corrected chi connectivity index (χ0v) is 17.4. The third-order valence-electron chi connectivity index (χ3n) is 4.51. The topological polar surface area (TPSA) is 83.1 Å². The van der Waals surface area contributed by atoms with Crippen molar-refractivity contribution in [1.29, 1.82) is 0 Å². The van der Waals surface area contributed by atoms with Crippen molar-refractivity contribution in [2.75, 3.05) is 20.2 Å². The van der Waals surface area contributed by atoms with Gasteiger partial charge in [-0.15, -0.1) is 0 Å². The van der Waals surface area contributed by atoms with Gasteiger partial charge in [-0.3, -0.25) is 13.9 Å². The second-order valence-corrected chi connectivity index (χ2v) is 6.24. The molecule has 0 amide bonds. The van der Waals surface area contributed by atoms with Gasteiger partial charge in [0.15, 0.2) is 11.2 Å². The molecule has 0 aliphatic carbocycles. The Morgan fingerprint density at radius 2 is 1.61 bits per heavy atom. The highest BCUT2D eigenvalue weighted by Gasteiger charge is 2.19. The summed E-state index contributed by atoms with van der Waals surface area (Å²) < 4.78 is 9.50. The van der Waals surface area contributed by atoms with Gasteiger partial charge >= 0.3 is 5.69 Å². The minimum absolute atomic E-state index is 0.336. The number of hydrogen-bond acceptors (Lipinski definition) is 5. The number of rotatable bonds is 5. The molecule has 3 rings (SSSR count). The van der Waals surface area contributed by atoms with Crippen molar-refractivity contribution in [3.05, 3.63) is 45.1 Å². The number of aryl methyl sites for hydroxylation is 2. The van der Waals surface area contributed by atoms with Crippen molar-refractivity contribution in [2.24, 2.45) is 14.1 Å². The van der Waals surface area contributed by atoms with Crippen LogP contribution >= 0.6 is 0 Å². The molecule has 0 saturated carbocycles. The van der Waals surface area contributed by atoms with Gasteiger partial charge in [0.1, 0.15) is 11.6 Å². The predicted octanol–water partition coefficient (Wildman–Crippen LogP) is 1.74. The van der Waals surface area contributed by atoms with E-state index in [2.05, 4.69) is 24.1 Å². The van der Waals surface area contributed by atoms with E-state index in [-0.39, 0.29) is 11.2 Å². The average molecular weight is 387 g/mol. The molecular formula is C20H29N5O3. The van der Waals surface area contributed by atoms with Crippen LogP contribution in [0.1, 0.15) is 20.8 Å². The molecule has 0 radical (unpaired) electrons. The van der Waals surface area contributed by atoms with Gasteiger partial charge in [0.25, 0.3) is 5.56 Å². The van der Waals surface area contributed by atoms with E-state index >= 15 is 0 Å². The van der Waals surface area contributed by atoms with E-state index in [0.29, 0.717) is 23.5 Å². The van der Waals surface area contributed by atoms with E-state index < -0.39 is 0 Å². The largest absolute Gasteiger partial charge is 0.497 e. The first kappa shape index (κ1) is 21.4. The highest BCUT2D eigenvalue weighted by molar-refractivity contribution is 5.77. The van der Waals surface area contributed by atoms with Gasteiger partial charge in [0.2, 0.25) is 0 Å².